The molecule has 0 heterocycles. The molecule has 0 aliphatic heterocycles. The minimum Gasteiger partial charge on any atom is -0.493 e. The van der Waals surface area contributed by atoms with Gasteiger partial charge < -0.3 is 4.74 Å². The van der Waals surface area contributed by atoms with Gasteiger partial charge in [-0.05, 0) is 28.9 Å². The van der Waals surface area contributed by atoms with Crippen LogP contribution >= 0.6 is 15.9 Å². The minimum absolute atomic E-state index is 0.491. The maximum atomic E-state index is 6.28. The zero-order valence-electron chi connectivity index (χ0n) is 13.7. The van der Waals surface area contributed by atoms with Crippen molar-refractivity contribution in [2.45, 2.75) is 53.4 Å². The summed E-state index contributed by atoms with van der Waals surface area (Å²) in [6.07, 6.45) is 0. The topological polar surface area (TPSA) is 9.23 Å². The molecule has 0 spiro atoms. The van der Waals surface area contributed by atoms with Crippen molar-refractivity contribution in [2.75, 3.05) is 11.9 Å². The van der Waals surface area contributed by atoms with Gasteiger partial charge in [0.2, 0.25) is 0 Å². The summed E-state index contributed by atoms with van der Waals surface area (Å²) in [5.74, 6) is 3.28. The van der Waals surface area contributed by atoms with Gasteiger partial charge in [0.05, 0.1) is 6.61 Å². The third-order valence-corrected chi connectivity index (χ3v) is 4.73. The number of hydrogen-bond acceptors (Lipinski definition) is 1. The lowest BCUT2D eigenvalue weighted by Gasteiger charge is -2.24. The molecule has 0 saturated carbocycles. The van der Waals surface area contributed by atoms with E-state index in [4.69, 9.17) is 4.74 Å². The molecular weight excluding hydrogens is 312 g/mol. The molecule has 114 valence electrons. The molecule has 0 aliphatic rings. The van der Waals surface area contributed by atoms with Crippen LogP contribution in [0.4, 0.5) is 0 Å². The van der Waals surface area contributed by atoms with Crippen LogP contribution in [0.5, 0.6) is 5.75 Å². The number of para-hydroxylation sites is 1. The smallest absolute Gasteiger partial charge is 0.126 e. The number of ether oxygens (including phenoxy) is 1. The van der Waals surface area contributed by atoms with Crippen molar-refractivity contribution in [1.29, 1.82) is 0 Å². The van der Waals surface area contributed by atoms with Crippen molar-refractivity contribution in [3.63, 3.8) is 0 Å². The van der Waals surface area contributed by atoms with E-state index in [2.05, 4.69) is 75.7 Å². The quantitative estimate of drug-likeness (QED) is 0.554. The van der Waals surface area contributed by atoms with Crippen molar-refractivity contribution in [3.8, 4) is 5.75 Å². The summed E-state index contributed by atoms with van der Waals surface area (Å²) < 4.78 is 6.28. The molecule has 1 aromatic carbocycles. The van der Waals surface area contributed by atoms with E-state index < -0.39 is 0 Å². The third-order valence-electron chi connectivity index (χ3n) is 3.90. The van der Waals surface area contributed by atoms with Gasteiger partial charge in [0.1, 0.15) is 5.75 Å². The van der Waals surface area contributed by atoms with Crippen LogP contribution in [0.2, 0.25) is 0 Å². The molecule has 0 aliphatic carbocycles. The Bertz CT molecular complexity index is 384. The maximum absolute atomic E-state index is 6.28. The van der Waals surface area contributed by atoms with Gasteiger partial charge >= 0.3 is 0 Å². The third kappa shape index (κ3) is 4.51. The molecule has 20 heavy (non-hydrogen) atoms. The fourth-order valence-corrected chi connectivity index (χ4v) is 3.19. The van der Waals surface area contributed by atoms with Crippen LogP contribution in [0.25, 0.3) is 0 Å². The van der Waals surface area contributed by atoms with Gasteiger partial charge in [-0.25, -0.2) is 0 Å². The average Bonchev–Trinajstić information content (AvgIpc) is 2.38. The molecule has 0 radical (unpaired) electrons. The molecule has 1 atom stereocenters. The van der Waals surface area contributed by atoms with Crippen molar-refractivity contribution in [3.05, 3.63) is 29.3 Å². The van der Waals surface area contributed by atoms with E-state index in [0.29, 0.717) is 23.7 Å². The molecule has 0 saturated heterocycles. The Kier molecular flexibility index (Phi) is 7.08. The Labute approximate surface area is 133 Å². The van der Waals surface area contributed by atoms with Crippen LogP contribution in [-0.2, 0) is 0 Å². The molecule has 0 bridgehead atoms. The highest BCUT2D eigenvalue weighted by Crippen LogP contribution is 2.35. The van der Waals surface area contributed by atoms with Crippen molar-refractivity contribution >= 4 is 15.9 Å². The van der Waals surface area contributed by atoms with E-state index in [1.54, 1.807) is 0 Å². The lowest BCUT2D eigenvalue weighted by molar-refractivity contribution is 0.223. The van der Waals surface area contributed by atoms with Crippen molar-refractivity contribution < 1.29 is 4.74 Å². The van der Waals surface area contributed by atoms with E-state index in [0.717, 1.165) is 17.7 Å². The zero-order chi connectivity index (χ0) is 15.3. The first-order chi connectivity index (χ1) is 9.38. The van der Waals surface area contributed by atoms with E-state index in [-0.39, 0.29) is 0 Å². The monoisotopic (exact) mass is 340 g/mol. The highest BCUT2D eigenvalue weighted by molar-refractivity contribution is 9.09. The predicted octanol–water partition coefficient (Wildman–Crippen LogP) is 5.98. The first kappa shape index (κ1) is 17.6. The van der Waals surface area contributed by atoms with E-state index in [1.165, 1.54) is 11.1 Å². The van der Waals surface area contributed by atoms with Crippen LogP contribution in [0, 0.1) is 11.8 Å². The largest absolute Gasteiger partial charge is 0.493 e. The number of rotatable bonds is 7. The fourth-order valence-electron chi connectivity index (χ4n) is 2.25. The molecular formula is C18H29BrO. The number of benzene rings is 1. The van der Waals surface area contributed by atoms with Gasteiger partial charge in [-0.15, -0.1) is 0 Å². The Balaban J connectivity index is 3.01. The summed E-state index contributed by atoms with van der Waals surface area (Å²) in [6.45, 7) is 14.2. The van der Waals surface area contributed by atoms with Crippen LogP contribution < -0.4 is 4.74 Å². The summed E-state index contributed by atoms with van der Waals surface area (Å²) in [5, 5.41) is 0.992. The summed E-state index contributed by atoms with van der Waals surface area (Å²) in [5.41, 5.74) is 2.65. The molecule has 1 unspecified atom stereocenters. The van der Waals surface area contributed by atoms with Gasteiger partial charge in [-0.3, -0.25) is 0 Å². The molecule has 0 N–H and O–H groups in total. The summed E-state index contributed by atoms with van der Waals surface area (Å²) in [7, 11) is 0. The molecule has 0 fully saturated rings. The van der Waals surface area contributed by atoms with Crippen LogP contribution in [0.3, 0.4) is 0 Å². The van der Waals surface area contributed by atoms with Gasteiger partial charge in [0.25, 0.3) is 0 Å². The highest BCUT2D eigenvalue weighted by atomic mass is 79.9. The fraction of sp³-hybridized carbons (Fsp3) is 0.667. The zero-order valence-corrected chi connectivity index (χ0v) is 15.3. The Morgan fingerprint density at radius 3 is 1.80 bits per heavy atom. The van der Waals surface area contributed by atoms with Crippen LogP contribution in [0.1, 0.15) is 64.5 Å². The standard InChI is InChI=1S/C18H29BrO/c1-12(2)15(10-19)11-20-18-16(13(3)4)8-7-9-17(18)14(5)6/h7-9,12-15H,10-11H2,1-6H3. The lowest BCUT2D eigenvalue weighted by atomic mass is 9.93. The van der Waals surface area contributed by atoms with Gasteiger partial charge in [-0.1, -0.05) is 75.7 Å². The SMILES string of the molecule is CC(C)c1cccc(C(C)C)c1OCC(CBr)C(C)C. The maximum Gasteiger partial charge on any atom is 0.126 e. The van der Waals surface area contributed by atoms with E-state index >= 15 is 0 Å². The van der Waals surface area contributed by atoms with Crippen LogP contribution in [0.15, 0.2) is 18.2 Å². The lowest BCUT2D eigenvalue weighted by Crippen LogP contribution is -2.20. The average molecular weight is 341 g/mol. The second-order valence-corrected chi connectivity index (χ2v) is 7.19. The molecule has 0 aromatic heterocycles. The second kappa shape index (κ2) is 8.07. The highest BCUT2D eigenvalue weighted by Gasteiger charge is 2.18. The molecule has 1 aromatic rings. The number of hydrogen-bond donors (Lipinski definition) is 0. The normalized spacial score (nSPS) is 13.3. The number of halogens is 1. The Hall–Kier alpha value is -0.500. The molecule has 2 heteroatoms. The van der Waals surface area contributed by atoms with E-state index in [9.17, 15) is 0 Å². The summed E-state index contributed by atoms with van der Waals surface area (Å²) in [4.78, 5) is 0. The Morgan fingerprint density at radius 1 is 0.950 bits per heavy atom. The van der Waals surface area contributed by atoms with Gasteiger partial charge in [0, 0.05) is 11.2 Å². The first-order valence-electron chi connectivity index (χ1n) is 7.70. The van der Waals surface area contributed by atoms with Crippen molar-refractivity contribution in [1.82, 2.24) is 0 Å². The molecule has 0 amide bonds. The second-order valence-electron chi connectivity index (χ2n) is 6.54. The van der Waals surface area contributed by atoms with Gasteiger partial charge in [-0.2, -0.15) is 0 Å². The summed E-state index contributed by atoms with van der Waals surface area (Å²) in [6, 6.07) is 6.55. The Morgan fingerprint density at radius 2 is 1.45 bits per heavy atom. The first-order valence-corrected chi connectivity index (χ1v) is 8.82. The minimum atomic E-state index is 0.491. The summed E-state index contributed by atoms with van der Waals surface area (Å²) >= 11 is 3.60. The molecule has 1 rings (SSSR count). The molecule has 1 nitrogen and oxygen atoms in total. The van der Waals surface area contributed by atoms with Gasteiger partial charge in [0.15, 0.2) is 0 Å². The predicted molar refractivity (Wildman–Crippen MR) is 92.2 cm³/mol. The van der Waals surface area contributed by atoms with Crippen molar-refractivity contribution in [2.24, 2.45) is 11.8 Å². The van der Waals surface area contributed by atoms with Crippen LogP contribution in [-0.4, -0.2) is 11.9 Å². The number of alkyl halides is 1. The van der Waals surface area contributed by atoms with E-state index in [1.807, 2.05) is 0 Å².